The summed E-state index contributed by atoms with van der Waals surface area (Å²) in [4.78, 5) is 2.83. The summed E-state index contributed by atoms with van der Waals surface area (Å²) in [7, 11) is 0. The van der Waals surface area contributed by atoms with Crippen molar-refractivity contribution >= 4 is 0 Å². The molecule has 1 heterocycles. The van der Waals surface area contributed by atoms with Crippen LogP contribution in [0.5, 0.6) is 0 Å². The predicted molar refractivity (Wildman–Crippen MR) is 98.4 cm³/mol. The van der Waals surface area contributed by atoms with Gasteiger partial charge >= 0.3 is 0 Å². The third-order valence-electron chi connectivity index (χ3n) is 5.84. The summed E-state index contributed by atoms with van der Waals surface area (Å²) in [5.41, 5.74) is 2.52. The molecule has 0 aromatic heterocycles. The highest BCUT2D eigenvalue weighted by Gasteiger charge is 2.67. The maximum Gasteiger partial charge on any atom is 0.0205 e. The summed E-state index contributed by atoms with van der Waals surface area (Å²) in [6, 6.07) is 12.2. The van der Waals surface area contributed by atoms with Gasteiger partial charge in [0.05, 0.1) is 0 Å². The largest absolute Gasteiger partial charge is 0.312 e. The molecule has 1 aromatic carbocycles. The van der Waals surface area contributed by atoms with Crippen molar-refractivity contribution in [1.82, 2.24) is 10.2 Å². The lowest BCUT2D eigenvalue weighted by atomic mass is 9.80. The summed E-state index contributed by atoms with van der Waals surface area (Å²) in [6.07, 6.45) is 2.72. The lowest BCUT2D eigenvalue weighted by Gasteiger charge is -2.45. The zero-order valence-electron chi connectivity index (χ0n) is 15.8. The van der Waals surface area contributed by atoms with Crippen LogP contribution in [-0.2, 0) is 6.54 Å². The van der Waals surface area contributed by atoms with E-state index >= 15 is 0 Å². The van der Waals surface area contributed by atoms with Crippen LogP contribution in [0.25, 0.3) is 0 Å². The Bertz CT molecular complexity index is 537. The molecule has 1 aliphatic heterocycles. The normalized spacial score (nSPS) is 31.2. The van der Waals surface area contributed by atoms with Gasteiger partial charge in [0.15, 0.2) is 0 Å². The van der Waals surface area contributed by atoms with Crippen molar-refractivity contribution in [3.05, 3.63) is 35.9 Å². The first-order valence-electron chi connectivity index (χ1n) is 9.17. The van der Waals surface area contributed by atoms with E-state index in [1.807, 2.05) is 0 Å². The molecular formula is C21H34N2. The van der Waals surface area contributed by atoms with Gasteiger partial charge in [0.25, 0.3) is 0 Å². The van der Waals surface area contributed by atoms with Crippen LogP contribution in [0.2, 0.25) is 0 Å². The Morgan fingerprint density at radius 2 is 1.70 bits per heavy atom. The quantitative estimate of drug-likeness (QED) is 0.883. The molecule has 0 bridgehead atoms. The monoisotopic (exact) mass is 314 g/mol. The first-order chi connectivity index (χ1) is 10.6. The second-order valence-corrected chi connectivity index (χ2v) is 9.84. The number of hydrogen-bond acceptors (Lipinski definition) is 2. The standard InChI is InChI=1S/C21H34N2/c1-19(2,3)17-12-21(13-18(21)23(17)20(4,5)6)15-22-14-16-10-8-7-9-11-16/h7-11,17-18,22H,12-15H2,1-6H3/t17-,18?,21-/m0/s1. The number of nitrogens with one attached hydrogen (secondary N) is 1. The highest BCUT2D eigenvalue weighted by Crippen LogP contribution is 2.63. The maximum atomic E-state index is 3.74. The number of likely N-dealkylation sites (tertiary alicyclic amines) is 1. The second kappa shape index (κ2) is 5.60. The smallest absolute Gasteiger partial charge is 0.0205 e. The van der Waals surface area contributed by atoms with Crippen molar-refractivity contribution in [2.24, 2.45) is 10.8 Å². The van der Waals surface area contributed by atoms with E-state index < -0.39 is 0 Å². The van der Waals surface area contributed by atoms with Gasteiger partial charge in [-0.2, -0.15) is 0 Å². The fourth-order valence-electron chi connectivity index (χ4n) is 4.61. The highest BCUT2D eigenvalue weighted by molar-refractivity contribution is 5.22. The molecule has 3 atom stereocenters. The SMILES string of the molecule is CC(C)(C)[C@@H]1C[C@@]2(CNCc3ccccc3)CC2N1C(C)(C)C. The van der Waals surface area contributed by atoms with E-state index in [1.165, 1.54) is 18.4 Å². The molecule has 1 aliphatic carbocycles. The first kappa shape index (κ1) is 17.0. The number of nitrogens with zero attached hydrogens (tertiary/aromatic N) is 1. The minimum Gasteiger partial charge on any atom is -0.312 e. The summed E-state index contributed by atoms with van der Waals surface area (Å²) in [5, 5.41) is 3.74. The van der Waals surface area contributed by atoms with Crippen molar-refractivity contribution < 1.29 is 0 Å². The third kappa shape index (κ3) is 3.34. The van der Waals surface area contributed by atoms with E-state index in [4.69, 9.17) is 0 Å². The average molecular weight is 315 g/mol. The average Bonchev–Trinajstić information content (AvgIpc) is 3.01. The number of fused-ring (bicyclic) bond motifs is 1. The van der Waals surface area contributed by atoms with Crippen LogP contribution in [-0.4, -0.2) is 29.1 Å². The van der Waals surface area contributed by atoms with Crippen molar-refractivity contribution in [1.29, 1.82) is 0 Å². The number of hydrogen-bond donors (Lipinski definition) is 1. The van der Waals surface area contributed by atoms with Gasteiger partial charge in [-0.25, -0.2) is 0 Å². The molecule has 1 saturated carbocycles. The summed E-state index contributed by atoms with van der Waals surface area (Å²) in [6.45, 7) is 16.5. The molecule has 2 fully saturated rings. The van der Waals surface area contributed by atoms with Crippen LogP contribution < -0.4 is 5.32 Å². The molecule has 3 rings (SSSR count). The molecule has 2 nitrogen and oxygen atoms in total. The van der Waals surface area contributed by atoms with Gasteiger partial charge in [0.2, 0.25) is 0 Å². The van der Waals surface area contributed by atoms with Gasteiger partial charge in [-0.05, 0) is 44.6 Å². The summed E-state index contributed by atoms with van der Waals surface area (Å²) in [5.74, 6) is 0. The number of piperidine rings is 1. The van der Waals surface area contributed by atoms with Crippen molar-refractivity contribution in [2.75, 3.05) is 6.54 Å². The van der Waals surface area contributed by atoms with Gasteiger partial charge in [0.1, 0.15) is 0 Å². The fourth-order valence-corrected chi connectivity index (χ4v) is 4.61. The number of rotatable bonds is 4. The Labute approximate surface area is 142 Å². The Kier molecular flexibility index (Phi) is 4.13. The van der Waals surface area contributed by atoms with Crippen molar-refractivity contribution in [3.8, 4) is 0 Å². The third-order valence-corrected chi connectivity index (χ3v) is 5.84. The molecule has 2 aliphatic rings. The van der Waals surface area contributed by atoms with Crippen LogP contribution >= 0.6 is 0 Å². The van der Waals surface area contributed by atoms with Gasteiger partial charge in [-0.15, -0.1) is 0 Å². The molecule has 1 aromatic rings. The minimum absolute atomic E-state index is 0.264. The van der Waals surface area contributed by atoms with Gasteiger partial charge in [0, 0.05) is 36.1 Å². The zero-order chi connectivity index (χ0) is 16.9. The molecule has 1 unspecified atom stereocenters. The van der Waals surface area contributed by atoms with Crippen LogP contribution in [0, 0.1) is 10.8 Å². The minimum atomic E-state index is 0.264. The Morgan fingerprint density at radius 3 is 2.22 bits per heavy atom. The van der Waals surface area contributed by atoms with Crippen LogP contribution in [0.4, 0.5) is 0 Å². The lowest BCUT2D eigenvalue weighted by Crippen LogP contribution is -2.51. The maximum absolute atomic E-state index is 3.74. The molecular weight excluding hydrogens is 280 g/mol. The van der Waals surface area contributed by atoms with Gasteiger partial charge in [-0.1, -0.05) is 51.1 Å². The molecule has 0 amide bonds. The molecule has 1 saturated heterocycles. The highest BCUT2D eigenvalue weighted by atomic mass is 15.3. The molecule has 23 heavy (non-hydrogen) atoms. The van der Waals surface area contributed by atoms with Crippen molar-refractivity contribution in [3.63, 3.8) is 0 Å². The van der Waals surface area contributed by atoms with Crippen LogP contribution in [0.3, 0.4) is 0 Å². The van der Waals surface area contributed by atoms with E-state index in [0.717, 1.165) is 19.1 Å². The second-order valence-electron chi connectivity index (χ2n) is 9.84. The molecule has 128 valence electrons. The Morgan fingerprint density at radius 1 is 1.04 bits per heavy atom. The van der Waals surface area contributed by atoms with E-state index in [1.54, 1.807) is 0 Å². The molecule has 2 heteroatoms. The number of benzene rings is 1. The van der Waals surface area contributed by atoms with Gasteiger partial charge in [-0.3, -0.25) is 4.90 Å². The molecule has 0 spiro atoms. The van der Waals surface area contributed by atoms with Crippen LogP contribution in [0.1, 0.15) is 59.9 Å². The van der Waals surface area contributed by atoms with E-state index in [-0.39, 0.29) is 5.54 Å². The Hall–Kier alpha value is -0.860. The van der Waals surface area contributed by atoms with Crippen molar-refractivity contribution in [2.45, 2.75) is 78.6 Å². The molecule has 1 N–H and O–H groups in total. The predicted octanol–water partition coefficient (Wildman–Crippen LogP) is 4.45. The summed E-state index contributed by atoms with van der Waals surface area (Å²) < 4.78 is 0. The Balaban J connectivity index is 1.65. The van der Waals surface area contributed by atoms with E-state index in [0.29, 0.717) is 16.9 Å². The lowest BCUT2D eigenvalue weighted by molar-refractivity contribution is 0.0362. The van der Waals surface area contributed by atoms with Gasteiger partial charge < -0.3 is 5.32 Å². The van der Waals surface area contributed by atoms with E-state index in [9.17, 15) is 0 Å². The van der Waals surface area contributed by atoms with Crippen LogP contribution in [0.15, 0.2) is 30.3 Å². The molecule has 0 radical (unpaired) electrons. The fraction of sp³-hybridized carbons (Fsp3) is 0.714. The summed E-state index contributed by atoms with van der Waals surface area (Å²) >= 11 is 0. The first-order valence-corrected chi connectivity index (χ1v) is 9.17. The zero-order valence-corrected chi connectivity index (χ0v) is 15.8. The topological polar surface area (TPSA) is 15.3 Å². The van der Waals surface area contributed by atoms with E-state index in [2.05, 4.69) is 82.1 Å².